The molecular weight excluding hydrogens is 538 g/mol. The van der Waals surface area contributed by atoms with Crippen LogP contribution >= 0.6 is 0 Å². The second-order valence-corrected chi connectivity index (χ2v) is 11.2. The molecule has 0 spiro atoms. The van der Waals surface area contributed by atoms with Crippen molar-refractivity contribution in [3.05, 3.63) is 65.5 Å². The third-order valence-electron chi connectivity index (χ3n) is 6.74. The molecule has 37 heavy (non-hydrogen) atoms. The van der Waals surface area contributed by atoms with Gasteiger partial charge in [0.1, 0.15) is 10.6 Å². The number of carboxylic acid groups (broad SMARTS) is 1. The van der Waals surface area contributed by atoms with E-state index in [0.717, 1.165) is 24.3 Å². The van der Waals surface area contributed by atoms with E-state index in [4.69, 9.17) is 5.11 Å². The lowest BCUT2D eigenvalue weighted by Crippen LogP contribution is -2.51. The molecule has 0 aromatic heterocycles. The lowest BCUT2D eigenvalue weighted by atomic mass is 9.75. The third-order valence-corrected chi connectivity index (χ3v) is 9.26. The fourth-order valence-electron chi connectivity index (χ4n) is 4.80. The van der Waals surface area contributed by atoms with Crippen LogP contribution in [-0.2, 0) is 20.3 Å². The van der Waals surface area contributed by atoms with Crippen molar-refractivity contribution in [2.75, 3.05) is 0 Å². The molecule has 2 N–H and O–H groups in total. The van der Waals surface area contributed by atoms with Gasteiger partial charge in [-0.1, -0.05) is 31.2 Å². The van der Waals surface area contributed by atoms with Crippen LogP contribution in [0.1, 0.15) is 37.3 Å². The molecule has 2 aromatic rings. The molecule has 3 atom stereocenters. The van der Waals surface area contributed by atoms with Gasteiger partial charge in [-0.2, -0.15) is 26.3 Å². The minimum atomic E-state index is -6.35. The number of amides is 1. The molecule has 1 saturated carbocycles. The van der Waals surface area contributed by atoms with Crippen molar-refractivity contribution in [1.82, 2.24) is 5.32 Å². The van der Waals surface area contributed by atoms with Gasteiger partial charge in [-0.25, -0.2) is 22.0 Å². The van der Waals surface area contributed by atoms with Gasteiger partial charge in [0.2, 0.25) is 0 Å². The van der Waals surface area contributed by atoms with Gasteiger partial charge in [0.25, 0.3) is 0 Å². The van der Waals surface area contributed by atoms with Crippen LogP contribution in [-0.4, -0.2) is 38.0 Å². The first-order valence-electron chi connectivity index (χ1n) is 10.8. The van der Waals surface area contributed by atoms with Crippen molar-refractivity contribution in [2.24, 2.45) is 5.92 Å². The molecule has 1 unspecified atom stereocenters. The fraction of sp³-hybridized carbons (Fsp3) is 0.435. The Morgan fingerprint density at radius 1 is 0.946 bits per heavy atom. The summed E-state index contributed by atoms with van der Waals surface area (Å²) < 4.78 is 133. The third kappa shape index (κ3) is 4.87. The monoisotopic (exact) mass is 559 g/mol. The molecule has 14 heteroatoms. The Hall–Kier alpha value is -2.90. The van der Waals surface area contributed by atoms with Crippen LogP contribution in [0.25, 0.3) is 0 Å². The Balaban J connectivity index is 2.17. The maximum absolute atomic E-state index is 14.5. The number of carbonyl (C=O) groups is 1. The zero-order valence-corrected chi connectivity index (χ0v) is 19.8. The van der Waals surface area contributed by atoms with E-state index in [1.165, 1.54) is 6.92 Å². The normalized spacial score (nSPS) is 23.5. The lowest BCUT2D eigenvalue weighted by Gasteiger charge is -2.43. The summed E-state index contributed by atoms with van der Waals surface area (Å²) in [6, 6.07) is 4.85. The van der Waals surface area contributed by atoms with Gasteiger partial charge in [0, 0.05) is 11.6 Å². The van der Waals surface area contributed by atoms with Crippen LogP contribution in [0.5, 0.6) is 0 Å². The molecule has 1 aliphatic carbocycles. The molecule has 1 amide bonds. The molecule has 0 heterocycles. The second-order valence-electron chi connectivity index (χ2n) is 8.96. The van der Waals surface area contributed by atoms with E-state index < -0.39 is 62.0 Å². The highest BCUT2D eigenvalue weighted by Gasteiger charge is 2.73. The van der Waals surface area contributed by atoms with E-state index in [0.29, 0.717) is 12.1 Å². The van der Waals surface area contributed by atoms with Gasteiger partial charge in [-0.15, -0.1) is 0 Å². The molecule has 0 bridgehead atoms. The number of hydrogen-bond acceptors (Lipinski definition) is 3. The molecule has 3 rings (SSSR count). The van der Waals surface area contributed by atoms with Crippen LogP contribution in [0.2, 0.25) is 0 Å². The van der Waals surface area contributed by atoms with Crippen molar-refractivity contribution in [1.29, 1.82) is 0 Å². The molecular formula is C23H21F8NO4S. The maximum Gasteiger partial charge on any atom is 0.435 e. The summed E-state index contributed by atoms with van der Waals surface area (Å²) in [4.78, 5) is 10.7. The van der Waals surface area contributed by atoms with Gasteiger partial charge in [0.05, 0.1) is 4.90 Å². The Morgan fingerprint density at radius 3 is 1.89 bits per heavy atom. The van der Waals surface area contributed by atoms with E-state index in [1.54, 1.807) is 0 Å². The summed E-state index contributed by atoms with van der Waals surface area (Å²) in [6.45, 7) is 1.53. The number of sulfone groups is 1. The van der Waals surface area contributed by atoms with Crippen LogP contribution in [0.4, 0.5) is 39.9 Å². The number of benzene rings is 2. The predicted octanol–water partition coefficient (Wildman–Crippen LogP) is 6.24. The molecule has 0 aliphatic heterocycles. The first kappa shape index (κ1) is 28.7. The predicted molar refractivity (Wildman–Crippen MR) is 115 cm³/mol. The van der Waals surface area contributed by atoms with Gasteiger partial charge in [0.15, 0.2) is 9.84 Å². The zero-order valence-electron chi connectivity index (χ0n) is 19.0. The summed E-state index contributed by atoms with van der Waals surface area (Å²) in [5, 5.41) is 11.3. The molecule has 0 saturated heterocycles. The number of hydrogen-bond donors (Lipinski definition) is 2. The summed E-state index contributed by atoms with van der Waals surface area (Å²) in [5.74, 6) is -1.40. The topological polar surface area (TPSA) is 83.5 Å². The Kier molecular flexibility index (Phi) is 7.32. The largest absolute Gasteiger partial charge is 0.465 e. The molecule has 204 valence electrons. The number of alkyl halides is 7. The Morgan fingerprint density at radius 2 is 1.46 bits per heavy atom. The molecule has 5 nitrogen and oxygen atoms in total. The van der Waals surface area contributed by atoms with E-state index in [-0.39, 0.29) is 41.9 Å². The van der Waals surface area contributed by atoms with Crippen molar-refractivity contribution in [2.45, 2.75) is 59.9 Å². The minimum Gasteiger partial charge on any atom is -0.465 e. The van der Waals surface area contributed by atoms with Crippen LogP contribution in [0, 0.1) is 11.7 Å². The van der Waals surface area contributed by atoms with E-state index >= 15 is 0 Å². The zero-order chi connectivity index (χ0) is 28.0. The maximum atomic E-state index is 14.5. The number of nitrogens with one attached hydrogen (secondary N) is 1. The highest BCUT2D eigenvalue weighted by molar-refractivity contribution is 7.92. The van der Waals surface area contributed by atoms with E-state index in [2.05, 4.69) is 5.32 Å². The summed E-state index contributed by atoms with van der Waals surface area (Å²) in [6.07, 6.45) is -14.7. The second kappa shape index (κ2) is 9.44. The molecule has 1 aliphatic rings. The molecule has 2 aromatic carbocycles. The van der Waals surface area contributed by atoms with Crippen molar-refractivity contribution < 1.29 is 53.4 Å². The van der Waals surface area contributed by atoms with Crippen LogP contribution in [0.3, 0.4) is 0 Å². The van der Waals surface area contributed by atoms with Crippen LogP contribution < -0.4 is 5.32 Å². The highest BCUT2D eigenvalue weighted by Crippen LogP contribution is 2.54. The van der Waals surface area contributed by atoms with Gasteiger partial charge < -0.3 is 10.4 Å². The van der Waals surface area contributed by atoms with Crippen molar-refractivity contribution in [3.8, 4) is 0 Å². The summed E-state index contributed by atoms with van der Waals surface area (Å²) >= 11 is 0. The quantitative estimate of drug-likeness (QED) is 0.336. The van der Waals surface area contributed by atoms with Gasteiger partial charge in [-0.05, 0) is 55.0 Å². The summed E-state index contributed by atoms with van der Waals surface area (Å²) in [7, 11) is -4.46. The van der Waals surface area contributed by atoms with Gasteiger partial charge in [-0.3, -0.25) is 0 Å². The lowest BCUT2D eigenvalue weighted by molar-refractivity contribution is -0.348. The van der Waals surface area contributed by atoms with Crippen molar-refractivity contribution in [3.63, 3.8) is 0 Å². The smallest absolute Gasteiger partial charge is 0.435 e. The average molecular weight is 559 g/mol. The van der Waals surface area contributed by atoms with Gasteiger partial charge >= 0.3 is 24.1 Å². The average Bonchev–Trinajstić information content (AvgIpc) is 2.78. The van der Waals surface area contributed by atoms with E-state index in [1.807, 2.05) is 0 Å². The molecule has 1 fully saturated rings. The SMILES string of the molecule is C[C@@H]1C[C@](c2ccc(C(F)(C(F)(F)F)C(F)(F)F)cc2)(S(=O)(=O)c2ccc(F)cc2)CCC1NC(=O)O. The number of halogens is 8. The fourth-order valence-corrected chi connectivity index (χ4v) is 7.06. The Labute approximate surface area is 206 Å². The first-order chi connectivity index (χ1) is 16.9. The van der Waals surface area contributed by atoms with E-state index in [9.17, 15) is 48.3 Å². The standard InChI is InChI=1S/C23H21F8NO4S/c1-13-12-20(11-10-18(13)32-19(33)34,37(35,36)17-8-6-16(24)7-9-17)14-2-4-15(5-3-14)21(25,22(26,27)28)23(29,30)31/h2-9,13,18,32H,10-12H2,1H3,(H,33,34)/t13-,18?,20-/m1/s1. The van der Waals surface area contributed by atoms with Crippen molar-refractivity contribution >= 4 is 15.9 Å². The summed E-state index contributed by atoms with van der Waals surface area (Å²) in [5.41, 5.74) is -7.69. The van der Waals surface area contributed by atoms with Crippen LogP contribution in [0.15, 0.2) is 53.4 Å². The Bertz CT molecular complexity index is 1230. The molecule has 0 radical (unpaired) electrons. The first-order valence-corrected chi connectivity index (χ1v) is 12.3. The number of rotatable bonds is 5. The highest BCUT2D eigenvalue weighted by atomic mass is 32.2. The minimum absolute atomic E-state index is 0.0478.